The molecule has 0 unspecified atom stereocenters. The molecule has 2 amide bonds. The Morgan fingerprint density at radius 2 is 1.14 bits per heavy atom. The largest absolute Gasteiger partial charge is 2.00 e. The number of nitrogens with two attached hydrogens (primary N) is 2. The van der Waals surface area contributed by atoms with Gasteiger partial charge in [-0.05, 0) is 0 Å². The first-order valence-corrected chi connectivity index (χ1v) is 0.781. The Hall–Kier alpha value is -0.0438. The molecule has 6 N–H and O–H groups in total. The van der Waals surface area contributed by atoms with Crippen LogP contribution in [0.2, 0.25) is 0 Å². The van der Waals surface area contributed by atoms with Gasteiger partial charge in [0.1, 0.15) is 0 Å². The summed E-state index contributed by atoms with van der Waals surface area (Å²) in [5, 5.41) is 0. The summed E-state index contributed by atoms with van der Waals surface area (Å²) in [5.74, 6) is 0. The van der Waals surface area contributed by atoms with Crippen LogP contribution in [0.1, 0.15) is 0 Å². The molecule has 0 aliphatic rings. The molecule has 7 heavy (non-hydrogen) atoms. The van der Waals surface area contributed by atoms with Gasteiger partial charge < -0.3 is 22.4 Å². The average Bonchev–Trinajstić information content (AvgIpc) is 0.811. The van der Waals surface area contributed by atoms with Gasteiger partial charge in [-0.3, -0.25) is 0 Å². The molecule has 0 saturated heterocycles. The molecule has 0 aromatic carbocycles. The second kappa shape index (κ2) is 16.7. The van der Waals surface area contributed by atoms with E-state index in [4.69, 9.17) is 4.79 Å². The molecule has 6 heteroatoms. The van der Waals surface area contributed by atoms with Crippen LogP contribution in [0.15, 0.2) is 0 Å². The number of urea groups is 1. The third-order valence-corrected chi connectivity index (χ3v) is 0. The second-order valence-corrected chi connectivity index (χ2v) is 0.402. The molecule has 0 aromatic heterocycles. The van der Waals surface area contributed by atoms with Crippen LogP contribution in [0, 0.1) is 0 Å². The fourth-order valence-corrected chi connectivity index (χ4v) is 0. The van der Waals surface area contributed by atoms with E-state index in [1.165, 1.54) is 0 Å². The molecule has 0 rings (SSSR count). The summed E-state index contributed by atoms with van der Waals surface area (Å²) in [6, 6.07) is -0.833. The van der Waals surface area contributed by atoms with Crippen LogP contribution in [0.5, 0.6) is 0 Å². The third-order valence-electron chi connectivity index (χ3n) is 0. The Morgan fingerprint density at radius 3 is 1.14 bits per heavy atom. The normalized spacial score (nSPS) is 3.43. The Morgan fingerprint density at radius 1 is 1.14 bits per heavy atom. The molecule has 0 aromatic rings. The van der Waals surface area contributed by atoms with Gasteiger partial charge in [-0.1, -0.05) is 0 Å². The molecule has 0 radical (unpaired) electrons. The molecule has 0 fully saturated rings. The van der Waals surface area contributed by atoms with Crippen molar-refractivity contribution in [3.63, 3.8) is 0 Å². The van der Waals surface area contributed by atoms with Crippen molar-refractivity contribution in [2.75, 3.05) is 0 Å². The van der Waals surface area contributed by atoms with Crippen molar-refractivity contribution >= 4 is 29.1 Å². The zero-order valence-electron chi connectivity index (χ0n) is 3.66. The van der Waals surface area contributed by atoms with E-state index >= 15 is 0 Å². The van der Waals surface area contributed by atoms with E-state index < -0.39 is 6.03 Å². The molecule has 5 nitrogen and oxygen atoms in total. The van der Waals surface area contributed by atoms with E-state index in [9.17, 15) is 0 Å². The molecule has 0 aliphatic heterocycles. The monoisotopic (exact) mass is 118 g/mol. The van der Waals surface area contributed by atoms with Crippen LogP contribution >= 0.6 is 0 Å². The molecule has 0 heterocycles. The van der Waals surface area contributed by atoms with E-state index in [2.05, 4.69) is 11.5 Å². The number of rotatable bonds is 0. The van der Waals surface area contributed by atoms with Gasteiger partial charge in [-0.15, -0.1) is 0 Å². The van der Waals surface area contributed by atoms with Crippen molar-refractivity contribution in [3.8, 4) is 0 Å². The summed E-state index contributed by atoms with van der Waals surface area (Å²) in [6.45, 7) is 0. The minimum Gasteiger partial charge on any atom is -0.870 e. The second-order valence-electron chi connectivity index (χ2n) is 0.402. The summed E-state index contributed by atoms with van der Waals surface area (Å²) in [6.07, 6.45) is 0. The Bertz CT molecular complexity index is 35.9. The Labute approximate surface area is 56.8 Å². The number of carbonyl (C=O) groups is 1. The van der Waals surface area contributed by atoms with Crippen molar-refractivity contribution in [2.45, 2.75) is 0 Å². The van der Waals surface area contributed by atoms with Crippen LogP contribution in [0.25, 0.3) is 0 Å². The first-order valence-electron chi connectivity index (χ1n) is 0.781. The van der Waals surface area contributed by atoms with Crippen molar-refractivity contribution in [3.05, 3.63) is 0 Å². The van der Waals surface area contributed by atoms with Crippen LogP contribution in [-0.4, -0.2) is 40.0 Å². The first kappa shape index (κ1) is 28.2. The van der Waals surface area contributed by atoms with Crippen LogP contribution in [0.3, 0.4) is 0 Å². The standard InChI is InChI=1S/CH4N2O.Mg.2H2O/c2-1(3)4;;;/h(H4,2,3,4);;2*1H2/q;+2;;/p-2. The zero-order valence-corrected chi connectivity index (χ0v) is 5.08. The van der Waals surface area contributed by atoms with E-state index in [1.54, 1.807) is 0 Å². The fourth-order valence-electron chi connectivity index (χ4n) is 0. The smallest absolute Gasteiger partial charge is 0.870 e. The van der Waals surface area contributed by atoms with E-state index in [0.29, 0.717) is 0 Å². The van der Waals surface area contributed by atoms with Crippen LogP contribution in [-0.2, 0) is 0 Å². The van der Waals surface area contributed by atoms with Gasteiger partial charge in [-0.2, -0.15) is 0 Å². The molecular formula is CH6MgN2O3. The van der Waals surface area contributed by atoms with Crippen LogP contribution < -0.4 is 11.5 Å². The van der Waals surface area contributed by atoms with Gasteiger partial charge in [-0.25, -0.2) is 4.79 Å². The number of amides is 2. The van der Waals surface area contributed by atoms with Crippen molar-refractivity contribution in [2.24, 2.45) is 11.5 Å². The first-order chi connectivity index (χ1) is 1.73. The van der Waals surface area contributed by atoms with Crippen LogP contribution in [0.4, 0.5) is 4.79 Å². The maximum absolute atomic E-state index is 9.00. The van der Waals surface area contributed by atoms with Crippen molar-refractivity contribution < 1.29 is 15.7 Å². The minimum atomic E-state index is -0.833. The van der Waals surface area contributed by atoms with Gasteiger partial charge in [0.25, 0.3) is 0 Å². The SMILES string of the molecule is NC(N)=O.[Mg+2].[OH-].[OH-]. The number of hydrogen-bond acceptors (Lipinski definition) is 3. The zero-order chi connectivity index (χ0) is 3.58. The molecule has 0 aliphatic carbocycles. The summed E-state index contributed by atoms with van der Waals surface area (Å²) < 4.78 is 0. The Balaban J connectivity index is -0.0000000150. The maximum atomic E-state index is 9.00. The maximum Gasteiger partial charge on any atom is 2.00 e. The average molecular weight is 118 g/mol. The van der Waals surface area contributed by atoms with Crippen molar-refractivity contribution in [1.82, 2.24) is 0 Å². The predicted molar refractivity (Wildman–Crippen MR) is 23.4 cm³/mol. The van der Waals surface area contributed by atoms with Gasteiger partial charge >= 0.3 is 29.1 Å². The topological polar surface area (TPSA) is 129 Å². The quantitative estimate of drug-likeness (QED) is 0.367. The fraction of sp³-hybridized carbons (Fsp3) is 0. The summed E-state index contributed by atoms with van der Waals surface area (Å²) >= 11 is 0. The van der Waals surface area contributed by atoms with E-state index in [1.807, 2.05) is 0 Å². The van der Waals surface area contributed by atoms with Gasteiger partial charge in [0.15, 0.2) is 0 Å². The third kappa shape index (κ3) is 48700. The minimum absolute atomic E-state index is 0. The number of carbonyl (C=O) groups excluding carboxylic acids is 1. The molecule has 0 bridgehead atoms. The molecule has 0 atom stereocenters. The van der Waals surface area contributed by atoms with Gasteiger partial charge in [0, 0.05) is 0 Å². The summed E-state index contributed by atoms with van der Waals surface area (Å²) in [7, 11) is 0. The Kier molecular flexibility index (Phi) is 67.5. The molecule has 0 spiro atoms. The number of hydrogen-bond donors (Lipinski definition) is 2. The summed E-state index contributed by atoms with van der Waals surface area (Å²) in [5.41, 5.74) is 8.50. The van der Waals surface area contributed by atoms with E-state index in [0.717, 1.165) is 0 Å². The number of primary amides is 2. The van der Waals surface area contributed by atoms with Gasteiger partial charge in [0.2, 0.25) is 0 Å². The van der Waals surface area contributed by atoms with Gasteiger partial charge in [0.05, 0.1) is 0 Å². The van der Waals surface area contributed by atoms with E-state index in [-0.39, 0.29) is 34.0 Å². The molecular weight excluding hydrogens is 112 g/mol. The predicted octanol–water partition coefficient (Wildman–Crippen LogP) is -1.71. The molecule has 40 valence electrons. The van der Waals surface area contributed by atoms with Crippen molar-refractivity contribution in [1.29, 1.82) is 0 Å². The summed E-state index contributed by atoms with van der Waals surface area (Å²) in [4.78, 5) is 9.00. The molecule has 0 saturated carbocycles.